The van der Waals surface area contributed by atoms with Gasteiger partial charge >= 0.3 is 12.1 Å². The molecule has 4 N–H and O–H groups in total. The van der Waals surface area contributed by atoms with Crippen molar-refractivity contribution in [2.75, 3.05) is 34.3 Å². The van der Waals surface area contributed by atoms with Gasteiger partial charge in [0.1, 0.15) is 18.1 Å². The zero-order valence-corrected chi connectivity index (χ0v) is 30.7. The van der Waals surface area contributed by atoms with Crippen LogP contribution >= 0.6 is 0 Å². The average Bonchev–Trinajstić information content (AvgIpc) is 3.83. The number of ketones is 1. The molecule has 1 aliphatic carbocycles. The Bertz CT molecular complexity index is 1120. The largest absolute Gasteiger partial charge is 0.458 e. The summed E-state index contributed by atoms with van der Waals surface area (Å²) in [6.45, 7) is 14.3. The standard InChI is InChI=1S/C35H62N4O9/c1-11-26-35(7)29(38-33(43)48-35)22(5)36-16-12-15-34(6,44-10)30(20(3)27(40)21(4)31(42)46-26)47-32-28(41)24(39(8)9)17-25(45-32)19(2)18-37-23-13-14-23/h19-26,28-30,32,36-37,41H,11-18H2,1-10H3,(H,38,43)/t19?,20-,21?,22+,24?,25?,26+,28?,29+,30+,32?,34+,35+/m0/s1. The molecular formula is C35H62N4O9. The molecule has 0 spiro atoms. The molecule has 0 aromatic rings. The Kier molecular flexibility index (Phi) is 13.0. The molecule has 3 aliphatic heterocycles. The number of amides is 1. The van der Waals surface area contributed by atoms with Crippen LogP contribution in [0, 0.1) is 17.8 Å². The molecule has 0 bridgehead atoms. The van der Waals surface area contributed by atoms with Crippen molar-refractivity contribution in [2.24, 2.45) is 17.8 Å². The van der Waals surface area contributed by atoms with E-state index in [0.29, 0.717) is 38.3 Å². The smallest absolute Gasteiger partial charge is 0.408 e. The van der Waals surface area contributed by atoms with Crippen LogP contribution in [0.2, 0.25) is 0 Å². The summed E-state index contributed by atoms with van der Waals surface area (Å²) in [5, 5.41) is 21.6. The van der Waals surface area contributed by atoms with Crippen LogP contribution in [0.5, 0.6) is 0 Å². The molecule has 13 heteroatoms. The molecule has 13 atom stereocenters. The number of aliphatic hydroxyl groups is 1. The highest BCUT2D eigenvalue weighted by Crippen LogP contribution is 2.37. The Morgan fingerprint density at radius 1 is 1.15 bits per heavy atom. The van der Waals surface area contributed by atoms with Crippen molar-refractivity contribution in [3.05, 3.63) is 0 Å². The van der Waals surface area contributed by atoms with E-state index in [0.717, 1.165) is 6.54 Å². The number of nitrogens with zero attached hydrogens (tertiary/aromatic N) is 1. The van der Waals surface area contributed by atoms with Gasteiger partial charge in [0.05, 0.1) is 23.9 Å². The number of Topliss-reactive ketones (excluding diaryl/α,β-unsaturated/α-hetero) is 1. The topological polar surface area (TPSA) is 157 Å². The van der Waals surface area contributed by atoms with E-state index in [-0.39, 0.29) is 29.9 Å². The number of hydrogen-bond acceptors (Lipinski definition) is 12. The first-order valence-electron chi connectivity index (χ1n) is 18.0. The van der Waals surface area contributed by atoms with Gasteiger partial charge in [-0.1, -0.05) is 20.8 Å². The molecule has 4 rings (SSSR count). The van der Waals surface area contributed by atoms with Crippen LogP contribution in [0.3, 0.4) is 0 Å². The van der Waals surface area contributed by atoms with Gasteiger partial charge in [-0.3, -0.25) is 9.59 Å². The number of aliphatic hydroxyl groups excluding tert-OH is 1. The lowest BCUT2D eigenvalue weighted by Gasteiger charge is -2.47. The minimum atomic E-state index is -1.14. The summed E-state index contributed by atoms with van der Waals surface area (Å²) in [5.41, 5.74) is -2.13. The number of carbonyl (C=O) groups excluding carboxylic acids is 3. The molecular weight excluding hydrogens is 620 g/mol. The van der Waals surface area contributed by atoms with E-state index in [1.165, 1.54) is 19.8 Å². The van der Waals surface area contributed by atoms with Gasteiger partial charge in [-0.25, -0.2) is 4.79 Å². The number of alkyl carbamates (subject to hydrolysis) is 1. The lowest BCUT2D eigenvalue weighted by molar-refractivity contribution is -0.302. The molecule has 0 aromatic heterocycles. The van der Waals surface area contributed by atoms with Crippen molar-refractivity contribution in [1.82, 2.24) is 20.9 Å². The van der Waals surface area contributed by atoms with Gasteiger partial charge in [-0.05, 0) is 92.8 Å². The molecule has 0 aromatic carbocycles. The summed E-state index contributed by atoms with van der Waals surface area (Å²) in [6, 6.07) is -0.366. The summed E-state index contributed by atoms with van der Waals surface area (Å²) in [4.78, 5) is 42.3. The Morgan fingerprint density at radius 3 is 2.44 bits per heavy atom. The molecule has 276 valence electrons. The van der Waals surface area contributed by atoms with Crippen LogP contribution in [0.1, 0.15) is 87.0 Å². The van der Waals surface area contributed by atoms with Crippen LogP contribution < -0.4 is 16.0 Å². The number of esters is 1. The molecule has 4 fully saturated rings. The van der Waals surface area contributed by atoms with Crippen molar-refractivity contribution in [2.45, 2.75) is 153 Å². The highest BCUT2D eigenvalue weighted by Gasteiger charge is 2.55. The number of carbonyl (C=O) groups is 3. The predicted molar refractivity (Wildman–Crippen MR) is 179 cm³/mol. The van der Waals surface area contributed by atoms with Gasteiger partial charge < -0.3 is 49.6 Å². The number of nitrogens with one attached hydrogen (secondary N) is 3. The van der Waals surface area contributed by atoms with E-state index >= 15 is 0 Å². The zero-order valence-electron chi connectivity index (χ0n) is 30.7. The number of cyclic esters (lactones) is 1. The van der Waals surface area contributed by atoms with E-state index in [4.69, 9.17) is 23.7 Å². The first-order valence-corrected chi connectivity index (χ1v) is 18.0. The summed E-state index contributed by atoms with van der Waals surface area (Å²) in [7, 11) is 5.46. The number of methoxy groups -OCH3 is 1. The van der Waals surface area contributed by atoms with Crippen LogP contribution in [0.4, 0.5) is 4.79 Å². The van der Waals surface area contributed by atoms with E-state index < -0.39 is 65.7 Å². The van der Waals surface area contributed by atoms with E-state index in [1.807, 2.05) is 39.8 Å². The normalized spacial score (nSPS) is 42.6. The van der Waals surface area contributed by atoms with Crippen molar-refractivity contribution in [1.29, 1.82) is 0 Å². The lowest BCUT2D eigenvalue weighted by atomic mass is 9.80. The number of fused-ring (bicyclic) bond motifs is 1. The highest BCUT2D eigenvalue weighted by molar-refractivity contribution is 6.00. The van der Waals surface area contributed by atoms with Crippen LogP contribution in [0.15, 0.2) is 0 Å². The molecule has 48 heavy (non-hydrogen) atoms. The Hall–Kier alpha value is -1.87. The van der Waals surface area contributed by atoms with Gasteiger partial charge in [0.2, 0.25) is 0 Å². The summed E-state index contributed by atoms with van der Waals surface area (Å²) in [5.74, 6) is -2.87. The maximum atomic E-state index is 14.2. The Morgan fingerprint density at radius 2 is 1.83 bits per heavy atom. The van der Waals surface area contributed by atoms with Gasteiger partial charge in [-0.2, -0.15) is 0 Å². The fourth-order valence-corrected chi connectivity index (χ4v) is 7.77. The fraction of sp³-hybridized carbons (Fsp3) is 0.914. The van der Waals surface area contributed by atoms with E-state index in [2.05, 4.69) is 22.9 Å². The Labute approximate surface area is 286 Å². The van der Waals surface area contributed by atoms with Gasteiger partial charge in [-0.15, -0.1) is 0 Å². The van der Waals surface area contributed by atoms with Crippen molar-refractivity contribution >= 4 is 17.8 Å². The second-order valence-corrected chi connectivity index (χ2v) is 15.3. The maximum Gasteiger partial charge on any atom is 0.408 e. The minimum Gasteiger partial charge on any atom is -0.458 e. The summed E-state index contributed by atoms with van der Waals surface area (Å²) >= 11 is 0. The Balaban J connectivity index is 1.64. The molecule has 1 saturated carbocycles. The first-order chi connectivity index (χ1) is 22.6. The molecule has 13 nitrogen and oxygen atoms in total. The van der Waals surface area contributed by atoms with E-state index in [9.17, 15) is 19.5 Å². The van der Waals surface area contributed by atoms with Crippen molar-refractivity contribution in [3.63, 3.8) is 0 Å². The number of likely N-dealkylation sites (N-methyl/N-ethyl adjacent to an activating group) is 1. The fourth-order valence-electron chi connectivity index (χ4n) is 7.77. The number of hydrogen-bond donors (Lipinski definition) is 4. The maximum absolute atomic E-state index is 14.2. The van der Waals surface area contributed by atoms with Gasteiger partial charge in [0.25, 0.3) is 0 Å². The average molecular weight is 683 g/mol. The molecule has 3 saturated heterocycles. The lowest BCUT2D eigenvalue weighted by Crippen LogP contribution is -2.60. The minimum absolute atomic E-state index is 0.164. The van der Waals surface area contributed by atoms with Gasteiger partial charge in [0.15, 0.2) is 17.7 Å². The number of ether oxygens (including phenoxy) is 5. The molecule has 0 radical (unpaired) electrons. The van der Waals surface area contributed by atoms with Crippen LogP contribution in [-0.4, -0.2) is 128 Å². The monoisotopic (exact) mass is 682 g/mol. The number of rotatable bonds is 9. The second kappa shape index (κ2) is 16.0. The van der Waals surface area contributed by atoms with Crippen LogP contribution in [0.25, 0.3) is 0 Å². The highest BCUT2D eigenvalue weighted by atomic mass is 16.7. The molecule has 6 unspecified atom stereocenters. The van der Waals surface area contributed by atoms with Crippen molar-refractivity contribution < 1.29 is 43.2 Å². The third-order valence-electron chi connectivity index (χ3n) is 11.4. The molecule has 4 aliphatic rings. The summed E-state index contributed by atoms with van der Waals surface area (Å²) in [6.07, 6.45) is 0.126. The molecule has 3 heterocycles. The first kappa shape index (κ1) is 38.9. The quantitative estimate of drug-likeness (QED) is 0.208. The predicted octanol–water partition coefficient (Wildman–Crippen LogP) is 2.37. The zero-order chi connectivity index (χ0) is 35.6. The van der Waals surface area contributed by atoms with Crippen molar-refractivity contribution in [3.8, 4) is 0 Å². The summed E-state index contributed by atoms with van der Waals surface area (Å²) < 4.78 is 31.2. The van der Waals surface area contributed by atoms with Crippen LogP contribution in [-0.2, 0) is 33.3 Å². The second-order valence-electron chi connectivity index (χ2n) is 15.3. The SMILES string of the molecule is CC[C@H]1OC(=O)C(C)C(=O)[C@H](C)[C@@H](OC2OC(C(C)CNC3CC3)CC(N(C)C)C2O)[C@](C)(OC)CCCN[C@H](C)[C@H]2NC(=O)O[C@@]21C. The third kappa shape index (κ3) is 8.52. The van der Waals surface area contributed by atoms with Gasteiger partial charge in [0, 0.05) is 37.7 Å². The third-order valence-corrected chi connectivity index (χ3v) is 11.4. The van der Waals surface area contributed by atoms with E-state index in [1.54, 1.807) is 21.0 Å². The molecule has 1 amide bonds.